The van der Waals surface area contributed by atoms with Crippen molar-refractivity contribution >= 4 is 40.0 Å². The fourth-order valence-electron chi connectivity index (χ4n) is 1.84. The molecule has 0 bridgehead atoms. The Labute approximate surface area is 169 Å². The van der Waals surface area contributed by atoms with Crippen LogP contribution in [-0.4, -0.2) is 40.3 Å². The Morgan fingerprint density at radius 3 is 2.23 bits per heavy atom. The monoisotopic (exact) mass is 508 g/mol. The molecule has 0 spiro atoms. The fraction of sp³-hybridized carbons (Fsp3) is 0.533. The number of aliphatic imine (C=N–C) groups is 1. The lowest BCUT2D eigenvalue weighted by atomic mass is 10.1. The molecule has 0 heterocycles. The molecule has 0 aliphatic carbocycles. The average molecular weight is 508 g/mol. The summed E-state index contributed by atoms with van der Waals surface area (Å²) < 4.78 is 62.5. The van der Waals surface area contributed by atoms with Crippen molar-refractivity contribution in [1.29, 1.82) is 0 Å². The molecule has 0 amide bonds. The molecule has 0 aromatic heterocycles. The molecule has 0 radical (unpaired) electrons. The van der Waals surface area contributed by atoms with E-state index in [1.54, 1.807) is 14.0 Å². The molecular formula is C15H24F3IN4O2S. The van der Waals surface area contributed by atoms with Gasteiger partial charge in [0.15, 0.2) is 5.96 Å². The highest BCUT2D eigenvalue weighted by Crippen LogP contribution is 2.28. The lowest BCUT2D eigenvalue weighted by Crippen LogP contribution is -2.38. The molecule has 150 valence electrons. The number of guanidine groups is 1. The van der Waals surface area contributed by atoms with Gasteiger partial charge in [0.2, 0.25) is 10.0 Å². The van der Waals surface area contributed by atoms with Crippen LogP contribution in [0.4, 0.5) is 13.2 Å². The van der Waals surface area contributed by atoms with E-state index in [1.165, 1.54) is 12.1 Å². The SMILES string of the molecule is CCS(=O)(=O)NCCCNC(=NC)NCc1ccc(C(F)(F)F)cc1.I. The van der Waals surface area contributed by atoms with Gasteiger partial charge in [0.25, 0.3) is 0 Å². The Balaban J connectivity index is 0.00000625. The van der Waals surface area contributed by atoms with Crippen molar-refractivity contribution in [3.63, 3.8) is 0 Å². The third kappa shape index (κ3) is 9.57. The van der Waals surface area contributed by atoms with Gasteiger partial charge in [0, 0.05) is 26.7 Å². The predicted octanol–water partition coefficient (Wildman–Crippen LogP) is 2.32. The minimum Gasteiger partial charge on any atom is -0.356 e. The molecule has 0 atom stereocenters. The number of benzene rings is 1. The van der Waals surface area contributed by atoms with E-state index >= 15 is 0 Å². The number of rotatable bonds is 8. The largest absolute Gasteiger partial charge is 0.416 e. The van der Waals surface area contributed by atoms with E-state index < -0.39 is 21.8 Å². The summed E-state index contributed by atoms with van der Waals surface area (Å²) in [5.74, 6) is 0.523. The summed E-state index contributed by atoms with van der Waals surface area (Å²) in [6, 6.07) is 4.88. The summed E-state index contributed by atoms with van der Waals surface area (Å²) in [5.41, 5.74) is -0.0000514. The normalized spacial score (nSPS) is 12.4. The van der Waals surface area contributed by atoms with Crippen LogP contribution < -0.4 is 15.4 Å². The first-order valence-electron chi connectivity index (χ1n) is 7.76. The van der Waals surface area contributed by atoms with Crippen molar-refractivity contribution in [3.8, 4) is 0 Å². The highest BCUT2D eigenvalue weighted by Gasteiger charge is 2.29. The van der Waals surface area contributed by atoms with Crippen LogP contribution in [0, 0.1) is 0 Å². The number of hydrogen-bond donors (Lipinski definition) is 3. The topological polar surface area (TPSA) is 82.6 Å². The van der Waals surface area contributed by atoms with Gasteiger partial charge < -0.3 is 10.6 Å². The van der Waals surface area contributed by atoms with E-state index in [2.05, 4.69) is 20.3 Å². The van der Waals surface area contributed by atoms with Gasteiger partial charge >= 0.3 is 6.18 Å². The highest BCUT2D eigenvalue weighted by atomic mass is 127. The van der Waals surface area contributed by atoms with Gasteiger partial charge in [-0.05, 0) is 31.0 Å². The lowest BCUT2D eigenvalue weighted by molar-refractivity contribution is -0.137. The molecule has 0 aliphatic rings. The smallest absolute Gasteiger partial charge is 0.356 e. The fourth-order valence-corrected chi connectivity index (χ4v) is 2.50. The van der Waals surface area contributed by atoms with Crippen LogP contribution in [0.3, 0.4) is 0 Å². The third-order valence-corrected chi connectivity index (χ3v) is 4.72. The van der Waals surface area contributed by atoms with E-state index in [9.17, 15) is 21.6 Å². The third-order valence-electron chi connectivity index (χ3n) is 3.31. The molecule has 0 fully saturated rings. The van der Waals surface area contributed by atoms with Crippen molar-refractivity contribution in [2.45, 2.75) is 26.1 Å². The quantitative estimate of drug-likeness (QED) is 0.218. The van der Waals surface area contributed by atoms with Crippen molar-refractivity contribution in [1.82, 2.24) is 15.4 Å². The number of halogens is 4. The van der Waals surface area contributed by atoms with Gasteiger partial charge in [-0.1, -0.05) is 12.1 Å². The maximum Gasteiger partial charge on any atom is 0.416 e. The van der Waals surface area contributed by atoms with Gasteiger partial charge in [0.05, 0.1) is 11.3 Å². The molecule has 1 rings (SSSR count). The first-order chi connectivity index (χ1) is 11.7. The number of alkyl halides is 3. The van der Waals surface area contributed by atoms with Crippen LogP contribution in [0.1, 0.15) is 24.5 Å². The van der Waals surface area contributed by atoms with E-state index in [4.69, 9.17) is 0 Å². The number of nitrogens with one attached hydrogen (secondary N) is 3. The molecule has 0 unspecified atom stereocenters. The maximum absolute atomic E-state index is 12.5. The van der Waals surface area contributed by atoms with E-state index in [1.807, 2.05) is 0 Å². The molecule has 1 aromatic rings. The van der Waals surface area contributed by atoms with Gasteiger partial charge in [-0.3, -0.25) is 4.99 Å². The Morgan fingerprint density at radius 1 is 1.12 bits per heavy atom. The maximum atomic E-state index is 12.5. The summed E-state index contributed by atoms with van der Waals surface area (Å²) in [7, 11) is -1.62. The summed E-state index contributed by atoms with van der Waals surface area (Å²) in [6.07, 6.45) is -3.77. The van der Waals surface area contributed by atoms with Crippen molar-refractivity contribution in [2.24, 2.45) is 4.99 Å². The average Bonchev–Trinajstić information content (AvgIpc) is 2.57. The first-order valence-corrected chi connectivity index (χ1v) is 9.41. The van der Waals surface area contributed by atoms with Crippen LogP contribution in [0.2, 0.25) is 0 Å². The molecule has 6 nitrogen and oxygen atoms in total. The van der Waals surface area contributed by atoms with Crippen molar-refractivity contribution < 1.29 is 21.6 Å². The molecular weight excluding hydrogens is 484 g/mol. The second kappa shape index (κ2) is 11.6. The van der Waals surface area contributed by atoms with Crippen LogP contribution in [-0.2, 0) is 22.7 Å². The summed E-state index contributed by atoms with van der Waals surface area (Å²) in [5, 5.41) is 5.98. The molecule has 0 saturated carbocycles. The van der Waals surface area contributed by atoms with Crippen molar-refractivity contribution in [2.75, 3.05) is 25.9 Å². The number of sulfonamides is 1. The molecule has 3 N–H and O–H groups in total. The van der Waals surface area contributed by atoms with E-state index in [-0.39, 0.29) is 29.7 Å². The van der Waals surface area contributed by atoms with Gasteiger partial charge in [-0.2, -0.15) is 13.2 Å². The van der Waals surface area contributed by atoms with E-state index in [0.717, 1.165) is 12.1 Å². The Hall–Kier alpha value is -1.08. The summed E-state index contributed by atoms with van der Waals surface area (Å²) in [6.45, 7) is 2.70. The molecule has 1 aromatic carbocycles. The molecule has 0 aliphatic heterocycles. The second-order valence-electron chi connectivity index (χ2n) is 5.20. The second-order valence-corrected chi connectivity index (χ2v) is 7.29. The highest BCUT2D eigenvalue weighted by molar-refractivity contribution is 14.0. The standard InChI is InChI=1S/C15H23F3N4O2S.HI/c1-3-25(23,24)22-10-4-9-20-14(19-2)21-11-12-5-7-13(8-6-12)15(16,17)18;/h5-8,22H,3-4,9-11H2,1-2H3,(H2,19,20,21);1H. The summed E-state index contributed by atoms with van der Waals surface area (Å²) in [4.78, 5) is 4.00. The van der Waals surface area contributed by atoms with Crippen LogP contribution in [0.5, 0.6) is 0 Å². The van der Waals surface area contributed by atoms with Gasteiger partial charge in [-0.25, -0.2) is 13.1 Å². The Kier molecular flexibility index (Phi) is 11.1. The molecule has 0 saturated heterocycles. The summed E-state index contributed by atoms with van der Waals surface area (Å²) >= 11 is 0. The molecule has 11 heteroatoms. The molecule has 26 heavy (non-hydrogen) atoms. The number of nitrogens with zero attached hydrogens (tertiary/aromatic N) is 1. The van der Waals surface area contributed by atoms with Crippen LogP contribution in [0.15, 0.2) is 29.3 Å². The van der Waals surface area contributed by atoms with Crippen molar-refractivity contribution in [3.05, 3.63) is 35.4 Å². The zero-order chi connectivity index (χ0) is 18.9. The zero-order valence-electron chi connectivity index (χ0n) is 14.6. The zero-order valence-corrected chi connectivity index (χ0v) is 17.7. The van der Waals surface area contributed by atoms with Gasteiger partial charge in [0.1, 0.15) is 0 Å². The van der Waals surface area contributed by atoms with Crippen LogP contribution in [0.25, 0.3) is 0 Å². The number of hydrogen-bond acceptors (Lipinski definition) is 3. The first kappa shape index (κ1) is 24.9. The lowest BCUT2D eigenvalue weighted by Gasteiger charge is -2.13. The van der Waals surface area contributed by atoms with Gasteiger partial charge in [-0.15, -0.1) is 24.0 Å². The minimum atomic E-state index is -4.34. The Bertz CT molecular complexity index is 664. The Morgan fingerprint density at radius 2 is 1.73 bits per heavy atom. The van der Waals surface area contributed by atoms with Crippen LogP contribution >= 0.6 is 24.0 Å². The minimum absolute atomic E-state index is 0. The predicted molar refractivity (Wildman–Crippen MR) is 107 cm³/mol. The van der Waals surface area contributed by atoms with E-state index in [0.29, 0.717) is 37.6 Å².